The monoisotopic (exact) mass is 334 g/mol. The Balaban J connectivity index is 0.00000400. The molecule has 0 aromatic heterocycles. The van der Waals surface area contributed by atoms with Gasteiger partial charge in [0.15, 0.2) is 0 Å². The van der Waals surface area contributed by atoms with Crippen LogP contribution in [0.15, 0.2) is 30.3 Å². The minimum Gasteiger partial charge on any atom is -0.550 e. The summed E-state index contributed by atoms with van der Waals surface area (Å²) in [6.45, 7) is 0. The normalized spacial score (nSPS) is 12.8. The standard InChI is InChI=1S/C13H15NO6.Fe/c15-11(16)7-10(13(19)20)14-9(12(17)18)6-8-4-2-1-3-5-8;/h1-5,9-10,14H,6-7H2,(H,15,16)(H,17,18)(H,19,20);/q;+3/p-3/t9?,10-;/m0./s1. The van der Waals surface area contributed by atoms with Crippen molar-refractivity contribution in [2.75, 3.05) is 0 Å². The number of hydrogen-bond acceptors (Lipinski definition) is 7. The van der Waals surface area contributed by atoms with Crippen LogP contribution in [0, 0.1) is 0 Å². The summed E-state index contributed by atoms with van der Waals surface area (Å²) in [5.41, 5.74) is 0.639. The minimum atomic E-state index is -1.71. The van der Waals surface area contributed by atoms with Crippen molar-refractivity contribution in [2.45, 2.75) is 24.9 Å². The first kappa shape index (κ1) is 19.1. The van der Waals surface area contributed by atoms with E-state index in [1.165, 1.54) is 0 Å². The molecule has 0 heterocycles. The zero-order valence-electron chi connectivity index (χ0n) is 10.8. The maximum absolute atomic E-state index is 11.0. The molecule has 0 aliphatic heterocycles. The maximum Gasteiger partial charge on any atom is 3.00 e. The summed E-state index contributed by atoms with van der Waals surface area (Å²) in [5.74, 6) is -4.87. The van der Waals surface area contributed by atoms with Gasteiger partial charge in [0.1, 0.15) is 0 Å². The van der Waals surface area contributed by atoms with Gasteiger partial charge in [0.2, 0.25) is 0 Å². The number of benzene rings is 1. The minimum absolute atomic E-state index is 0. The van der Waals surface area contributed by atoms with Crippen molar-refractivity contribution in [1.82, 2.24) is 5.32 Å². The predicted octanol–water partition coefficient (Wildman–Crippen LogP) is -3.81. The van der Waals surface area contributed by atoms with Crippen LogP contribution in [0.2, 0.25) is 0 Å². The summed E-state index contributed by atoms with van der Waals surface area (Å²) in [6, 6.07) is 5.43. The molecule has 7 nitrogen and oxygen atoms in total. The number of carbonyl (C=O) groups excluding carboxylic acids is 3. The van der Waals surface area contributed by atoms with E-state index < -0.39 is 36.4 Å². The molecule has 0 saturated carbocycles. The third kappa shape index (κ3) is 6.89. The Bertz CT molecular complexity index is 493. The van der Waals surface area contributed by atoms with Crippen molar-refractivity contribution in [1.29, 1.82) is 0 Å². The van der Waals surface area contributed by atoms with E-state index in [0.29, 0.717) is 5.56 Å². The number of rotatable bonds is 8. The molecule has 1 aromatic rings. The molecule has 0 aliphatic carbocycles. The van der Waals surface area contributed by atoms with Crippen LogP contribution in [0.4, 0.5) is 0 Å². The van der Waals surface area contributed by atoms with Gasteiger partial charge in [0.25, 0.3) is 0 Å². The number of carboxylic acid groups (broad SMARTS) is 3. The molecule has 113 valence electrons. The van der Waals surface area contributed by atoms with Crippen molar-refractivity contribution in [3.63, 3.8) is 0 Å². The third-order valence-corrected chi connectivity index (χ3v) is 2.62. The van der Waals surface area contributed by atoms with Crippen LogP contribution in [0.3, 0.4) is 0 Å². The molecule has 1 radical (unpaired) electrons. The topological polar surface area (TPSA) is 132 Å². The molecular weight excluding hydrogens is 322 g/mol. The van der Waals surface area contributed by atoms with Crippen molar-refractivity contribution in [3.05, 3.63) is 35.9 Å². The fourth-order valence-corrected chi connectivity index (χ4v) is 1.68. The smallest absolute Gasteiger partial charge is 0.550 e. The fourth-order valence-electron chi connectivity index (χ4n) is 1.68. The Morgan fingerprint density at radius 2 is 1.48 bits per heavy atom. The molecule has 1 N–H and O–H groups in total. The Kier molecular flexibility index (Phi) is 8.30. The van der Waals surface area contributed by atoms with Crippen LogP contribution in [-0.4, -0.2) is 30.0 Å². The van der Waals surface area contributed by atoms with Crippen molar-refractivity contribution in [2.24, 2.45) is 0 Å². The second-order valence-corrected chi connectivity index (χ2v) is 4.18. The van der Waals surface area contributed by atoms with E-state index in [0.717, 1.165) is 0 Å². The zero-order valence-corrected chi connectivity index (χ0v) is 11.9. The van der Waals surface area contributed by atoms with E-state index in [9.17, 15) is 29.7 Å². The molecule has 1 aromatic carbocycles. The van der Waals surface area contributed by atoms with E-state index in [1.807, 2.05) is 0 Å². The van der Waals surface area contributed by atoms with Crippen molar-refractivity contribution in [3.8, 4) is 0 Å². The van der Waals surface area contributed by atoms with E-state index in [4.69, 9.17) is 0 Å². The average Bonchev–Trinajstić information content (AvgIpc) is 2.37. The molecule has 1 rings (SSSR count). The second-order valence-electron chi connectivity index (χ2n) is 4.18. The van der Waals surface area contributed by atoms with Gasteiger partial charge in [-0.25, -0.2) is 0 Å². The van der Waals surface area contributed by atoms with Gasteiger partial charge in [-0.15, -0.1) is 0 Å². The average molecular weight is 334 g/mol. The van der Waals surface area contributed by atoms with Crippen molar-refractivity contribution < 1.29 is 46.8 Å². The number of nitrogens with one attached hydrogen (secondary N) is 1. The molecule has 0 spiro atoms. The summed E-state index contributed by atoms with van der Waals surface area (Å²) < 4.78 is 0. The van der Waals surface area contributed by atoms with Crippen LogP contribution in [0.1, 0.15) is 12.0 Å². The molecule has 0 saturated heterocycles. The van der Waals surface area contributed by atoms with Crippen LogP contribution in [-0.2, 0) is 37.9 Å². The number of carboxylic acids is 3. The van der Waals surface area contributed by atoms with Crippen LogP contribution in [0.25, 0.3) is 0 Å². The van der Waals surface area contributed by atoms with Crippen molar-refractivity contribution >= 4 is 17.9 Å². The molecule has 21 heavy (non-hydrogen) atoms. The number of aliphatic carboxylic acids is 3. The van der Waals surface area contributed by atoms with Gasteiger partial charge in [0.05, 0.1) is 24.0 Å². The Labute approximate surface area is 131 Å². The SMILES string of the molecule is O=C([O-])C[C@H](NC(Cc1ccccc1)C(=O)[O-])C(=O)[O-].[Fe+3]. The summed E-state index contributed by atoms with van der Waals surface area (Å²) >= 11 is 0. The fraction of sp³-hybridized carbons (Fsp3) is 0.308. The van der Waals surface area contributed by atoms with Gasteiger partial charge < -0.3 is 35.0 Å². The quantitative estimate of drug-likeness (QED) is 0.482. The maximum atomic E-state index is 11.0. The molecule has 2 atom stereocenters. The summed E-state index contributed by atoms with van der Waals surface area (Å²) in [6.07, 6.45) is -0.930. The van der Waals surface area contributed by atoms with Gasteiger partial charge in [-0.1, -0.05) is 30.3 Å². The summed E-state index contributed by atoms with van der Waals surface area (Å²) in [5, 5.41) is 34.4. The van der Waals surface area contributed by atoms with Gasteiger partial charge in [-0.3, -0.25) is 0 Å². The molecular formula is C13H12FeNO6. The first-order valence-electron chi connectivity index (χ1n) is 5.81. The van der Waals surface area contributed by atoms with E-state index in [1.54, 1.807) is 30.3 Å². The summed E-state index contributed by atoms with van der Waals surface area (Å²) in [7, 11) is 0. The Morgan fingerprint density at radius 1 is 0.952 bits per heavy atom. The second kappa shape index (κ2) is 9.12. The molecule has 0 bridgehead atoms. The molecule has 8 heteroatoms. The molecule has 0 fully saturated rings. The third-order valence-electron chi connectivity index (χ3n) is 2.62. The molecule has 1 unspecified atom stereocenters. The van der Waals surface area contributed by atoms with Gasteiger partial charge >= 0.3 is 17.1 Å². The molecule has 0 aliphatic rings. The Hall–Kier alpha value is -1.89. The van der Waals surface area contributed by atoms with Crippen LogP contribution < -0.4 is 20.6 Å². The van der Waals surface area contributed by atoms with E-state index in [2.05, 4.69) is 5.32 Å². The largest absolute Gasteiger partial charge is 3.00 e. The zero-order chi connectivity index (χ0) is 15.1. The van der Waals surface area contributed by atoms with Gasteiger partial charge in [-0.05, 0) is 12.0 Å². The van der Waals surface area contributed by atoms with Crippen LogP contribution in [0.5, 0.6) is 0 Å². The number of hydrogen-bond donors (Lipinski definition) is 1. The van der Waals surface area contributed by atoms with Crippen LogP contribution >= 0.6 is 0 Å². The summed E-state index contributed by atoms with van der Waals surface area (Å²) in [4.78, 5) is 32.2. The number of carbonyl (C=O) groups is 3. The molecule has 0 amide bonds. The Morgan fingerprint density at radius 3 is 1.90 bits per heavy atom. The predicted molar refractivity (Wildman–Crippen MR) is 60.5 cm³/mol. The van der Waals surface area contributed by atoms with E-state index in [-0.39, 0.29) is 23.5 Å². The van der Waals surface area contributed by atoms with Gasteiger partial charge in [0, 0.05) is 12.4 Å². The van der Waals surface area contributed by atoms with Gasteiger partial charge in [-0.2, -0.15) is 0 Å². The van der Waals surface area contributed by atoms with E-state index >= 15 is 0 Å². The first-order chi connectivity index (χ1) is 9.40. The first-order valence-corrected chi connectivity index (χ1v) is 5.81.